The quantitative estimate of drug-likeness (QED) is 0.871. The topological polar surface area (TPSA) is 52.6 Å². The molecular weight excluding hydrogens is 252 g/mol. The average molecular weight is 269 g/mol. The van der Waals surface area contributed by atoms with Crippen LogP contribution in [0.2, 0.25) is 5.02 Å². The van der Waals surface area contributed by atoms with Crippen molar-refractivity contribution in [2.45, 2.75) is 25.0 Å². The molecule has 1 heterocycles. The number of hydrogen-bond donors (Lipinski definition) is 2. The number of hydrogen-bond acceptors (Lipinski definition) is 3. The van der Waals surface area contributed by atoms with Crippen LogP contribution in [0.15, 0.2) is 24.3 Å². The Hall–Kier alpha value is -1.10. The van der Waals surface area contributed by atoms with Crippen LogP contribution < -0.4 is 5.32 Å². The number of benzene rings is 1. The van der Waals surface area contributed by atoms with Crippen LogP contribution in [0.5, 0.6) is 0 Å². The van der Waals surface area contributed by atoms with Crippen molar-refractivity contribution >= 4 is 17.6 Å². The zero-order valence-corrected chi connectivity index (χ0v) is 11.0. The van der Waals surface area contributed by atoms with Gasteiger partial charge in [-0.1, -0.05) is 23.7 Å². The smallest absolute Gasteiger partial charge is 0.320 e. The average Bonchev–Trinajstić information content (AvgIpc) is 2.78. The Morgan fingerprint density at radius 2 is 2.39 bits per heavy atom. The normalized spacial score (nSPS) is 23.5. The molecule has 1 aromatic carbocycles. The Morgan fingerprint density at radius 3 is 3.00 bits per heavy atom. The van der Waals surface area contributed by atoms with Crippen LogP contribution in [-0.2, 0) is 11.3 Å². The van der Waals surface area contributed by atoms with Gasteiger partial charge < -0.3 is 10.4 Å². The second kappa shape index (κ2) is 5.69. The van der Waals surface area contributed by atoms with Gasteiger partial charge in [-0.15, -0.1) is 0 Å². The van der Waals surface area contributed by atoms with Crippen molar-refractivity contribution in [2.24, 2.45) is 0 Å². The van der Waals surface area contributed by atoms with E-state index in [-0.39, 0.29) is 6.04 Å². The van der Waals surface area contributed by atoms with E-state index in [4.69, 9.17) is 16.7 Å². The lowest BCUT2D eigenvalue weighted by Gasteiger charge is -2.23. The summed E-state index contributed by atoms with van der Waals surface area (Å²) in [5.74, 6) is -0.770. The summed E-state index contributed by atoms with van der Waals surface area (Å²) in [4.78, 5) is 13.0. The van der Waals surface area contributed by atoms with Crippen molar-refractivity contribution in [1.82, 2.24) is 10.2 Å². The predicted octanol–water partition coefficient (Wildman–Crippen LogP) is 1.59. The van der Waals surface area contributed by atoms with Gasteiger partial charge in [-0.05, 0) is 31.2 Å². The SMILES string of the molecule is CN(Cc1cccc(Cl)c1)C1CNC(C(=O)O)C1. The molecule has 1 fully saturated rings. The fourth-order valence-electron chi connectivity index (χ4n) is 2.29. The molecule has 0 saturated carbocycles. The first-order valence-electron chi connectivity index (χ1n) is 5.97. The molecule has 18 heavy (non-hydrogen) atoms. The van der Waals surface area contributed by atoms with Gasteiger partial charge >= 0.3 is 5.97 Å². The third-order valence-corrected chi connectivity index (χ3v) is 3.59. The molecule has 0 aromatic heterocycles. The fraction of sp³-hybridized carbons (Fsp3) is 0.462. The van der Waals surface area contributed by atoms with Crippen LogP contribution >= 0.6 is 11.6 Å². The van der Waals surface area contributed by atoms with E-state index in [0.717, 1.165) is 17.1 Å². The summed E-state index contributed by atoms with van der Waals surface area (Å²) in [6, 6.07) is 7.58. The molecule has 0 aliphatic carbocycles. The van der Waals surface area contributed by atoms with Crippen molar-refractivity contribution in [3.63, 3.8) is 0 Å². The summed E-state index contributed by atoms with van der Waals surface area (Å²) in [7, 11) is 2.01. The number of likely N-dealkylation sites (N-methyl/N-ethyl adjacent to an activating group) is 1. The maximum atomic E-state index is 10.9. The molecule has 0 radical (unpaired) electrons. The Kier molecular flexibility index (Phi) is 4.22. The van der Waals surface area contributed by atoms with Gasteiger partial charge in [0.05, 0.1) is 0 Å². The maximum Gasteiger partial charge on any atom is 0.320 e. The molecule has 5 heteroatoms. The third kappa shape index (κ3) is 3.22. The molecule has 0 bridgehead atoms. The minimum Gasteiger partial charge on any atom is -0.480 e. The van der Waals surface area contributed by atoms with Gasteiger partial charge in [0, 0.05) is 24.2 Å². The van der Waals surface area contributed by atoms with Gasteiger partial charge in [0.2, 0.25) is 0 Å². The fourth-order valence-corrected chi connectivity index (χ4v) is 2.51. The minimum absolute atomic E-state index is 0.255. The number of nitrogens with one attached hydrogen (secondary N) is 1. The first-order chi connectivity index (χ1) is 8.56. The molecule has 2 unspecified atom stereocenters. The summed E-state index contributed by atoms with van der Waals surface area (Å²) in [5, 5.41) is 12.7. The number of nitrogens with zero attached hydrogens (tertiary/aromatic N) is 1. The molecule has 1 saturated heterocycles. The van der Waals surface area contributed by atoms with E-state index in [1.807, 2.05) is 31.3 Å². The van der Waals surface area contributed by atoms with Crippen molar-refractivity contribution in [3.05, 3.63) is 34.9 Å². The number of rotatable bonds is 4. The Balaban J connectivity index is 1.93. The van der Waals surface area contributed by atoms with E-state index in [9.17, 15) is 4.79 Å². The molecular formula is C13H17ClN2O2. The Labute approximate surface area is 112 Å². The molecule has 4 nitrogen and oxygen atoms in total. The summed E-state index contributed by atoms with van der Waals surface area (Å²) in [6.07, 6.45) is 0.645. The molecule has 2 rings (SSSR count). The second-order valence-corrected chi connectivity index (χ2v) is 5.17. The molecule has 2 N–H and O–H groups in total. The van der Waals surface area contributed by atoms with Gasteiger partial charge in [0.1, 0.15) is 6.04 Å². The van der Waals surface area contributed by atoms with Gasteiger partial charge in [0.25, 0.3) is 0 Å². The molecule has 2 atom stereocenters. The standard InChI is InChI=1S/C13H17ClN2O2/c1-16(8-9-3-2-4-10(14)5-9)11-6-12(13(17)18)15-7-11/h2-5,11-12,15H,6-8H2,1H3,(H,17,18). The lowest BCUT2D eigenvalue weighted by atomic mass is 10.1. The number of carbonyl (C=O) groups is 1. The molecule has 98 valence electrons. The monoisotopic (exact) mass is 268 g/mol. The van der Waals surface area contributed by atoms with Crippen molar-refractivity contribution < 1.29 is 9.90 Å². The second-order valence-electron chi connectivity index (χ2n) is 4.73. The first-order valence-corrected chi connectivity index (χ1v) is 6.35. The molecule has 1 aromatic rings. The summed E-state index contributed by atoms with van der Waals surface area (Å²) >= 11 is 5.94. The van der Waals surface area contributed by atoms with E-state index in [2.05, 4.69) is 10.2 Å². The summed E-state index contributed by atoms with van der Waals surface area (Å²) < 4.78 is 0. The number of carboxylic acids is 1. The first kappa shape index (κ1) is 13.3. The van der Waals surface area contributed by atoms with Gasteiger partial charge in [0.15, 0.2) is 0 Å². The van der Waals surface area contributed by atoms with Gasteiger partial charge in [-0.3, -0.25) is 9.69 Å². The van der Waals surface area contributed by atoms with Gasteiger partial charge in [-0.25, -0.2) is 0 Å². The molecule has 1 aliphatic rings. The summed E-state index contributed by atoms with van der Waals surface area (Å²) in [5.41, 5.74) is 1.14. The van der Waals surface area contributed by atoms with Crippen LogP contribution in [0, 0.1) is 0 Å². The van der Waals surface area contributed by atoms with Gasteiger partial charge in [-0.2, -0.15) is 0 Å². The highest BCUT2D eigenvalue weighted by Crippen LogP contribution is 2.17. The number of carboxylic acid groups (broad SMARTS) is 1. The highest BCUT2D eigenvalue weighted by molar-refractivity contribution is 6.30. The van der Waals surface area contributed by atoms with E-state index in [1.54, 1.807) is 0 Å². The maximum absolute atomic E-state index is 10.9. The molecule has 0 spiro atoms. The summed E-state index contributed by atoms with van der Waals surface area (Å²) in [6.45, 7) is 1.49. The highest BCUT2D eigenvalue weighted by Gasteiger charge is 2.31. The Bertz CT molecular complexity index is 439. The largest absolute Gasteiger partial charge is 0.480 e. The number of halogens is 1. The molecule has 1 aliphatic heterocycles. The van der Waals surface area contributed by atoms with E-state index in [1.165, 1.54) is 0 Å². The lowest BCUT2D eigenvalue weighted by molar-refractivity contribution is -0.139. The predicted molar refractivity (Wildman–Crippen MR) is 70.8 cm³/mol. The Morgan fingerprint density at radius 1 is 1.61 bits per heavy atom. The zero-order valence-electron chi connectivity index (χ0n) is 10.3. The van der Waals surface area contributed by atoms with Crippen molar-refractivity contribution in [2.75, 3.05) is 13.6 Å². The van der Waals surface area contributed by atoms with Crippen LogP contribution in [0.25, 0.3) is 0 Å². The van der Waals surface area contributed by atoms with E-state index >= 15 is 0 Å². The van der Waals surface area contributed by atoms with Crippen molar-refractivity contribution in [3.8, 4) is 0 Å². The number of aliphatic carboxylic acids is 1. The van der Waals surface area contributed by atoms with E-state index in [0.29, 0.717) is 13.0 Å². The van der Waals surface area contributed by atoms with Crippen LogP contribution in [0.4, 0.5) is 0 Å². The third-order valence-electron chi connectivity index (χ3n) is 3.35. The van der Waals surface area contributed by atoms with Crippen LogP contribution in [0.1, 0.15) is 12.0 Å². The van der Waals surface area contributed by atoms with Crippen LogP contribution in [0.3, 0.4) is 0 Å². The highest BCUT2D eigenvalue weighted by atomic mass is 35.5. The van der Waals surface area contributed by atoms with Crippen LogP contribution in [-0.4, -0.2) is 41.7 Å². The zero-order chi connectivity index (χ0) is 13.1. The molecule has 0 amide bonds. The van der Waals surface area contributed by atoms with Crippen molar-refractivity contribution in [1.29, 1.82) is 0 Å². The minimum atomic E-state index is -0.770. The van der Waals surface area contributed by atoms with E-state index < -0.39 is 12.0 Å². The lowest BCUT2D eigenvalue weighted by Crippen LogP contribution is -2.32.